The van der Waals surface area contributed by atoms with Crippen LogP contribution in [0.5, 0.6) is 0 Å². The third-order valence-corrected chi connectivity index (χ3v) is 4.41. The Kier molecular flexibility index (Phi) is 2.85. The van der Waals surface area contributed by atoms with E-state index in [4.69, 9.17) is 15.0 Å². The summed E-state index contributed by atoms with van der Waals surface area (Å²) in [6.45, 7) is 8.26. The molecule has 1 fully saturated rings. The second-order valence-electron chi connectivity index (χ2n) is 6.45. The molecule has 3 rings (SSSR count). The van der Waals surface area contributed by atoms with Crippen LogP contribution in [0.1, 0.15) is 27.7 Å². The minimum atomic E-state index is -0.318. The van der Waals surface area contributed by atoms with E-state index in [1.165, 1.54) is 0 Å². The van der Waals surface area contributed by atoms with Crippen LogP contribution in [0.2, 0.25) is 0 Å². The Bertz CT molecular complexity index is 651. The molecule has 104 valence electrons. The van der Waals surface area contributed by atoms with Crippen LogP contribution in [-0.4, -0.2) is 18.3 Å². The van der Waals surface area contributed by atoms with Gasteiger partial charge in [-0.3, -0.25) is 0 Å². The molecule has 1 aliphatic rings. The predicted octanol–water partition coefficient (Wildman–Crippen LogP) is 2.72. The van der Waals surface area contributed by atoms with E-state index in [1.807, 2.05) is 24.3 Å². The fourth-order valence-electron chi connectivity index (χ4n) is 2.41. The van der Waals surface area contributed by atoms with Crippen molar-refractivity contribution in [2.24, 2.45) is 0 Å². The van der Waals surface area contributed by atoms with E-state index < -0.39 is 0 Å². The standard InChI is InChI=1S/C16H20BNO2/c1-15(2)16(3,4)20-17(19-15)13-7-5-12-10-14(18)8-6-11(12)9-13/h5-10H,18H2,1-4H3. The van der Waals surface area contributed by atoms with Gasteiger partial charge in [-0.2, -0.15) is 0 Å². The zero-order chi connectivity index (χ0) is 14.5. The third kappa shape index (κ3) is 2.09. The maximum atomic E-state index is 6.08. The van der Waals surface area contributed by atoms with Crippen LogP contribution in [0.3, 0.4) is 0 Å². The molecule has 0 bridgehead atoms. The molecule has 1 heterocycles. The molecule has 1 aliphatic heterocycles. The lowest BCUT2D eigenvalue weighted by Gasteiger charge is -2.32. The number of anilines is 1. The number of hydrogen-bond donors (Lipinski definition) is 1. The smallest absolute Gasteiger partial charge is 0.399 e. The van der Waals surface area contributed by atoms with Gasteiger partial charge in [0.05, 0.1) is 11.2 Å². The first kappa shape index (κ1) is 13.5. The van der Waals surface area contributed by atoms with Gasteiger partial charge in [0, 0.05) is 5.69 Å². The first-order chi connectivity index (χ1) is 9.28. The molecule has 0 aliphatic carbocycles. The molecule has 0 atom stereocenters. The van der Waals surface area contributed by atoms with Gasteiger partial charge in [0.2, 0.25) is 0 Å². The van der Waals surface area contributed by atoms with Crippen LogP contribution in [0.15, 0.2) is 36.4 Å². The zero-order valence-electron chi connectivity index (χ0n) is 12.4. The number of hydrogen-bond acceptors (Lipinski definition) is 3. The molecule has 1 saturated heterocycles. The van der Waals surface area contributed by atoms with Crippen LogP contribution >= 0.6 is 0 Å². The van der Waals surface area contributed by atoms with Crippen molar-refractivity contribution in [1.29, 1.82) is 0 Å². The highest BCUT2D eigenvalue weighted by Gasteiger charge is 2.51. The van der Waals surface area contributed by atoms with Crippen LogP contribution in [0, 0.1) is 0 Å². The van der Waals surface area contributed by atoms with Crippen molar-refractivity contribution in [3.05, 3.63) is 36.4 Å². The van der Waals surface area contributed by atoms with Gasteiger partial charge in [0.15, 0.2) is 0 Å². The molecule has 0 amide bonds. The number of nitrogen functional groups attached to an aromatic ring is 1. The highest BCUT2D eigenvalue weighted by atomic mass is 16.7. The Hall–Kier alpha value is -1.52. The molecule has 2 N–H and O–H groups in total. The summed E-state index contributed by atoms with van der Waals surface area (Å²) in [6, 6.07) is 12.1. The monoisotopic (exact) mass is 269 g/mol. The predicted molar refractivity (Wildman–Crippen MR) is 84.1 cm³/mol. The van der Waals surface area contributed by atoms with Crippen molar-refractivity contribution in [2.75, 3.05) is 5.73 Å². The van der Waals surface area contributed by atoms with Crippen molar-refractivity contribution in [1.82, 2.24) is 0 Å². The van der Waals surface area contributed by atoms with Gasteiger partial charge in [-0.05, 0) is 56.1 Å². The van der Waals surface area contributed by atoms with Crippen molar-refractivity contribution in [2.45, 2.75) is 38.9 Å². The third-order valence-electron chi connectivity index (χ3n) is 4.41. The van der Waals surface area contributed by atoms with Crippen molar-refractivity contribution < 1.29 is 9.31 Å². The van der Waals surface area contributed by atoms with E-state index in [9.17, 15) is 0 Å². The van der Waals surface area contributed by atoms with Gasteiger partial charge < -0.3 is 15.0 Å². The SMILES string of the molecule is CC1(C)OB(c2ccc3cc(N)ccc3c2)OC1(C)C. The van der Waals surface area contributed by atoms with Crippen LogP contribution in [-0.2, 0) is 9.31 Å². The molecular formula is C16H20BNO2. The van der Waals surface area contributed by atoms with Gasteiger partial charge in [-0.1, -0.05) is 24.3 Å². The molecule has 0 saturated carbocycles. The summed E-state index contributed by atoms with van der Waals surface area (Å²) < 4.78 is 12.2. The molecule has 0 radical (unpaired) electrons. The second-order valence-corrected chi connectivity index (χ2v) is 6.45. The first-order valence-electron chi connectivity index (χ1n) is 6.93. The summed E-state index contributed by atoms with van der Waals surface area (Å²) in [5.74, 6) is 0. The summed E-state index contributed by atoms with van der Waals surface area (Å²) in [5, 5.41) is 2.27. The van der Waals surface area contributed by atoms with Gasteiger partial charge in [0.1, 0.15) is 0 Å². The summed E-state index contributed by atoms with van der Waals surface area (Å²) in [4.78, 5) is 0. The van der Waals surface area contributed by atoms with Crippen molar-refractivity contribution >= 4 is 29.0 Å². The number of rotatable bonds is 1. The van der Waals surface area contributed by atoms with Crippen LogP contribution < -0.4 is 11.2 Å². The summed E-state index contributed by atoms with van der Waals surface area (Å²) in [5.41, 5.74) is 7.00. The second kappa shape index (κ2) is 4.24. The summed E-state index contributed by atoms with van der Waals surface area (Å²) in [6.07, 6.45) is 0. The van der Waals surface area contributed by atoms with E-state index in [1.54, 1.807) is 0 Å². The maximum absolute atomic E-state index is 6.08. The Balaban J connectivity index is 1.98. The average molecular weight is 269 g/mol. The highest BCUT2D eigenvalue weighted by Crippen LogP contribution is 2.36. The van der Waals surface area contributed by atoms with Crippen LogP contribution in [0.25, 0.3) is 10.8 Å². The Morgan fingerprint density at radius 3 is 2.05 bits per heavy atom. The number of benzene rings is 2. The summed E-state index contributed by atoms with van der Waals surface area (Å²) >= 11 is 0. The fourth-order valence-corrected chi connectivity index (χ4v) is 2.41. The van der Waals surface area contributed by atoms with E-state index in [0.717, 1.165) is 21.9 Å². The minimum absolute atomic E-state index is 0.312. The molecule has 0 spiro atoms. The lowest BCUT2D eigenvalue weighted by Crippen LogP contribution is -2.41. The Labute approximate surface area is 120 Å². The van der Waals surface area contributed by atoms with E-state index in [-0.39, 0.29) is 18.3 Å². The molecule has 2 aromatic rings. The van der Waals surface area contributed by atoms with Crippen molar-refractivity contribution in [3.8, 4) is 0 Å². The Morgan fingerprint density at radius 2 is 1.40 bits per heavy atom. The molecule has 3 nitrogen and oxygen atoms in total. The fraction of sp³-hybridized carbons (Fsp3) is 0.375. The van der Waals surface area contributed by atoms with E-state index >= 15 is 0 Å². The summed E-state index contributed by atoms with van der Waals surface area (Å²) in [7, 11) is -0.318. The van der Waals surface area contributed by atoms with E-state index in [2.05, 4.69) is 39.8 Å². The Morgan fingerprint density at radius 1 is 0.850 bits per heavy atom. The molecular weight excluding hydrogens is 249 g/mol. The quantitative estimate of drug-likeness (QED) is 0.639. The molecule has 0 unspecified atom stereocenters. The number of fused-ring (bicyclic) bond motifs is 1. The highest BCUT2D eigenvalue weighted by molar-refractivity contribution is 6.62. The van der Waals surface area contributed by atoms with Gasteiger partial charge in [-0.25, -0.2) is 0 Å². The lowest BCUT2D eigenvalue weighted by atomic mass is 9.78. The topological polar surface area (TPSA) is 44.5 Å². The molecule has 0 aromatic heterocycles. The first-order valence-corrected chi connectivity index (χ1v) is 6.93. The van der Waals surface area contributed by atoms with Crippen LogP contribution in [0.4, 0.5) is 5.69 Å². The minimum Gasteiger partial charge on any atom is -0.399 e. The molecule has 4 heteroatoms. The normalized spacial score (nSPS) is 20.5. The molecule has 20 heavy (non-hydrogen) atoms. The zero-order valence-corrected chi connectivity index (χ0v) is 12.4. The van der Waals surface area contributed by atoms with Gasteiger partial charge in [0.25, 0.3) is 0 Å². The van der Waals surface area contributed by atoms with E-state index in [0.29, 0.717) is 0 Å². The van der Waals surface area contributed by atoms with Gasteiger partial charge in [-0.15, -0.1) is 0 Å². The van der Waals surface area contributed by atoms with Crippen molar-refractivity contribution in [3.63, 3.8) is 0 Å². The molecule has 2 aromatic carbocycles. The lowest BCUT2D eigenvalue weighted by molar-refractivity contribution is 0.00578. The average Bonchev–Trinajstić information content (AvgIpc) is 2.58. The van der Waals surface area contributed by atoms with Gasteiger partial charge >= 0.3 is 7.12 Å². The largest absolute Gasteiger partial charge is 0.494 e. The maximum Gasteiger partial charge on any atom is 0.494 e. The number of nitrogens with two attached hydrogens (primary N) is 1.